The highest BCUT2D eigenvalue weighted by atomic mass is 16.7. The van der Waals surface area contributed by atoms with Gasteiger partial charge in [0.25, 0.3) is 0 Å². The summed E-state index contributed by atoms with van der Waals surface area (Å²) in [6.07, 6.45) is 12.7. The van der Waals surface area contributed by atoms with Gasteiger partial charge in [0.2, 0.25) is 0 Å². The third-order valence-electron chi connectivity index (χ3n) is 13.2. The second-order valence-electron chi connectivity index (χ2n) is 15.3. The summed E-state index contributed by atoms with van der Waals surface area (Å²) in [5.41, 5.74) is 3.09. The minimum atomic E-state index is -0.336. The lowest BCUT2D eigenvalue weighted by Gasteiger charge is -2.58. The van der Waals surface area contributed by atoms with Crippen molar-refractivity contribution in [2.75, 3.05) is 13.7 Å². The predicted octanol–water partition coefficient (Wildman–Crippen LogP) is 7.66. The Bertz CT molecular complexity index is 1220. The highest BCUT2D eigenvalue weighted by Crippen LogP contribution is 2.70. The molecule has 0 radical (unpaired) electrons. The molecule has 6 nitrogen and oxygen atoms in total. The van der Waals surface area contributed by atoms with Crippen molar-refractivity contribution >= 4 is 6.09 Å². The average molecular weight is 578 g/mol. The third-order valence-corrected chi connectivity index (χ3v) is 13.2. The van der Waals surface area contributed by atoms with Gasteiger partial charge in [-0.25, -0.2) is 4.79 Å². The van der Waals surface area contributed by atoms with Crippen molar-refractivity contribution in [1.29, 1.82) is 0 Å². The van der Waals surface area contributed by atoms with Crippen LogP contribution in [0, 0.1) is 46.3 Å². The van der Waals surface area contributed by atoms with Gasteiger partial charge in [-0.2, -0.15) is 0 Å². The van der Waals surface area contributed by atoms with E-state index in [4.69, 9.17) is 18.9 Å². The van der Waals surface area contributed by atoms with Gasteiger partial charge in [-0.3, -0.25) is 0 Å². The number of carbonyl (C=O) groups is 1. The predicted molar refractivity (Wildman–Crippen MR) is 162 cm³/mol. The van der Waals surface area contributed by atoms with Gasteiger partial charge in [-0.05, 0) is 103 Å². The highest BCUT2D eigenvalue weighted by molar-refractivity contribution is 5.67. The number of carbonyl (C=O) groups excluding carboxylic acids is 1. The van der Waals surface area contributed by atoms with E-state index in [-0.39, 0.29) is 23.4 Å². The lowest BCUT2D eigenvalue weighted by atomic mass is 9.47. The number of fused-ring (bicyclic) bond motifs is 7. The number of ether oxygens (including phenoxy) is 4. The van der Waals surface area contributed by atoms with E-state index in [0.29, 0.717) is 41.7 Å². The van der Waals surface area contributed by atoms with Crippen LogP contribution in [0.1, 0.15) is 91.0 Å². The van der Waals surface area contributed by atoms with Crippen LogP contribution in [0.3, 0.4) is 0 Å². The maximum Gasteiger partial charge on any atom is 0.407 e. The maximum atomic E-state index is 12.7. The molecule has 1 aromatic rings. The fourth-order valence-electron chi connectivity index (χ4n) is 10.9. The van der Waals surface area contributed by atoms with Gasteiger partial charge in [0, 0.05) is 25.3 Å². The number of benzene rings is 1. The Labute approximate surface area is 252 Å². The lowest BCUT2D eigenvalue weighted by Crippen LogP contribution is -2.52. The second kappa shape index (κ2) is 10.5. The van der Waals surface area contributed by atoms with Crippen LogP contribution in [0.2, 0.25) is 0 Å². The zero-order valence-electron chi connectivity index (χ0n) is 26.3. The summed E-state index contributed by atoms with van der Waals surface area (Å²) in [7, 11) is 1.65. The minimum Gasteiger partial charge on any atom is -0.497 e. The van der Waals surface area contributed by atoms with Crippen LogP contribution < -0.4 is 10.1 Å². The molecule has 6 aliphatic rings. The monoisotopic (exact) mass is 577 g/mol. The highest BCUT2D eigenvalue weighted by Gasteiger charge is 2.68. The number of amides is 1. The first-order chi connectivity index (χ1) is 20.1. The fourth-order valence-corrected chi connectivity index (χ4v) is 10.9. The smallest absolute Gasteiger partial charge is 0.407 e. The van der Waals surface area contributed by atoms with Crippen molar-refractivity contribution in [2.24, 2.45) is 46.3 Å². The molecule has 42 heavy (non-hydrogen) atoms. The van der Waals surface area contributed by atoms with E-state index in [1.54, 1.807) is 7.11 Å². The summed E-state index contributed by atoms with van der Waals surface area (Å²) in [6, 6.07) is 7.77. The Morgan fingerprint density at radius 1 is 1.10 bits per heavy atom. The van der Waals surface area contributed by atoms with Gasteiger partial charge < -0.3 is 24.3 Å². The third kappa shape index (κ3) is 4.53. The summed E-state index contributed by atoms with van der Waals surface area (Å²) in [6.45, 7) is 11.2. The molecule has 7 rings (SSSR count). The molecule has 4 aliphatic carbocycles. The molecule has 6 heteroatoms. The molecule has 2 aliphatic heterocycles. The number of methoxy groups -OCH3 is 1. The van der Waals surface area contributed by atoms with Gasteiger partial charge in [-0.1, -0.05) is 51.5 Å². The molecule has 0 aromatic heterocycles. The summed E-state index contributed by atoms with van der Waals surface area (Å²) < 4.78 is 24.7. The Morgan fingerprint density at radius 2 is 1.95 bits per heavy atom. The Morgan fingerprint density at radius 3 is 2.74 bits per heavy atom. The van der Waals surface area contributed by atoms with E-state index < -0.39 is 0 Å². The second-order valence-corrected chi connectivity index (χ2v) is 15.3. The first-order valence-electron chi connectivity index (χ1n) is 16.7. The van der Waals surface area contributed by atoms with Crippen LogP contribution in [0.25, 0.3) is 0 Å². The van der Waals surface area contributed by atoms with Crippen molar-refractivity contribution < 1.29 is 23.7 Å². The summed E-state index contributed by atoms with van der Waals surface area (Å²) >= 11 is 0. The first-order valence-corrected chi connectivity index (χ1v) is 16.7. The van der Waals surface area contributed by atoms with Crippen LogP contribution in [0.15, 0.2) is 35.9 Å². The molecule has 11 atom stereocenters. The Kier molecular flexibility index (Phi) is 7.20. The Hall–Kier alpha value is -2.05. The molecule has 230 valence electrons. The van der Waals surface area contributed by atoms with Gasteiger partial charge in [0.05, 0.1) is 19.8 Å². The van der Waals surface area contributed by atoms with Gasteiger partial charge in [0.1, 0.15) is 11.9 Å². The quantitative estimate of drug-likeness (QED) is 0.372. The summed E-state index contributed by atoms with van der Waals surface area (Å²) in [5, 5.41) is 2.94. The molecule has 3 saturated carbocycles. The standard InChI is InChI=1S/C36H51NO5/c1-22-11-16-36(40-21-22)23(2)32-31(42-36)19-30-28-10-9-25-18-27(12-14-34(25,3)29(28)13-15-35(30,32)4)41-33(38)37-20-24-7-6-8-26(17-24)39-5/h6-9,17,22-23,27-32H,10-16,18-21H2,1-5H3,(H,37,38)/t22-,23+,27+,28-,29+,30+,31+,32+,34+,35+,36-/m1/s1. The number of alkyl carbamates (subject to hydrolysis) is 1. The molecule has 2 saturated heterocycles. The van der Waals surface area contributed by atoms with E-state index in [2.05, 4.69) is 39.1 Å². The van der Waals surface area contributed by atoms with Gasteiger partial charge in [-0.15, -0.1) is 0 Å². The van der Waals surface area contributed by atoms with Gasteiger partial charge in [0.15, 0.2) is 5.79 Å². The van der Waals surface area contributed by atoms with Crippen molar-refractivity contribution in [3.8, 4) is 5.75 Å². The molecule has 1 aromatic carbocycles. The van der Waals surface area contributed by atoms with Crippen molar-refractivity contribution in [3.63, 3.8) is 0 Å². The van der Waals surface area contributed by atoms with Crippen molar-refractivity contribution in [3.05, 3.63) is 41.5 Å². The Balaban J connectivity index is 1.000. The van der Waals surface area contributed by atoms with E-state index in [0.717, 1.165) is 61.9 Å². The zero-order valence-corrected chi connectivity index (χ0v) is 26.3. The van der Waals surface area contributed by atoms with E-state index >= 15 is 0 Å². The number of nitrogens with one attached hydrogen (secondary N) is 1. The lowest BCUT2D eigenvalue weighted by molar-refractivity contribution is -0.272. The molecule has 5 fully saturated rings. The maximum absolute atomic E-state index is 12.7. The van der Waals surface area contributed by atoms with Gasteiger partial charge >= 0.3 is 6.09 Å². The normalized spacial score (nSPS) is 45.7. The molecule has 0 unspecified atom stereocenters. The number of hydrogen-bond acceptors (Lipinski definition) is 5. The molecule has 1 amide bonds. The molecule has 2 heterocycles. The van der Waals surface area contributed by atoms with E-state index in [9.17, 15) is 4.79 Å². The fraction of sp³-hybridized carbons (Fsp3) is 0.750. The largest absolute Gasteiger partial charge is 0.497 e. The van der Waals surface area contributed by atoms with Crippen LogP contribution in [0.5, 0.6) is 5.75 Å². The summed E-state index contributed by atoms with van der Waals surface area (Å²) in [5.74, 6) is 4.34. The van der Waals surface area contributed by atoms with Crippen LogP contribution >= 0.6 is 0 Å². The first kappa shape index (κ1) is 28.7. The molecular formula is C36H51NO5. The number of hydrogen-bond donors (Lipinski definition) is 1. The molecule has 1 spiro atoms. The minimum absolute atomic E-state index is 0.0467. The zero-order chi connectivity index (χ0) is 29.3. The molecule has 1 N–H and O–H groups in total. The SMILES string of the molecule is COc1cccc(CNC(=O)O[C@H]2CC[C@@]3(C)C(=CC[C@H]4[C@@H]5C[C@@H]6O[C@]7(CC[C@@H](C)CO7)[C@@H](C)[C@@H]6[C@@]5(C)CC[C@@H]43)C2)c1. The van der Waals surface area contributed by atoms with E-state index in [1.165, 1.54) is 31.3 Å². The van der Waals surface area contributed by atoms with Crippen LogP contribution in [-0.4, -0.2) is 37.8 Å². The van der Waals surface area contributed by atoms with Crippen molar-refractivity contribution in [2.45, 2.75) is 110 Å². The average Bonchev–Trinajstić information content (AvgIpc) is 3.43. The molecular weight excluding hydrogens is 526 g/mol. The van der Waals surface area contributed by atoms with Crippen LogP contribution in [0.4, 0.5) is 4.79 Å². The topological polar surface area (TPSA) is 66.0 Å². The molecule has 0 bridgehead atoms. The number of allylic oxidation sites excluding steroid dienone is 1. The summed E-state index contributed by atoms with van der Waals surface area (Å²) in [4.78, 5) is 12.7. The number of rotatable bonds is 4. The van der Waals surface area contributed by atoms with E-state index in [1.807, 2.05) is 24.3 Å². The van der Waals surface area contributed by atoms with Crippen LogP contribution in [-0.2, 0) is 20.8 Å². The van der Waals surface area contributed by atoms with Crippen molar-refractivity contribution in [1.82, 2.24) is 5.32 Å².